The molecule has 0 spiro atoms. The molecule has 3 rings (SSSR count). The molecule has 0 bridgehead atoms. The number of nitrogens with zero attached hydrogens (tertiary/aromatic N) is 3. The molecule has 2 heterocycles. The summed E-state index contributed by atoms with van der Waals surface area (Å²) in [6.07, 6.45) is 8.15. The van der Waals surface area contributed by atoms with Gasteiger partial charge in [-0.05, 0) is 31.6 Å². The quantitative estimate of drug-likeness (QED) is 0.247. The van der Waals surface area contributed by atoms with Crippen molar-refractivity contribution < 1.29 is 29.1 Å². The van der Waals surface area contributed by atoms with Crippen LogP contribution in [0.4, 0.5) is 0 Å². The summed E-state index contributed by atoms with van der Waals surface area (Å²) in [7, 11) is 0. The molecule has 3 atom stereocenters. The molecule has 3 unspecified atom stereocenters. The van der Waals surface area contributed by atoms with Crippen molar-refractivity contribution in [1.29, 1.82) is 0 Å². The van der Waals surface area contributed by atoms with Crippen LogP contribution in [0.5, 0.6) is 0 Å². The van der Waals surface area contributed by atoms with Crippen LogP contribution in [0.25, 0.3) is 0 Å². The Kier molecular flexibility index (Phi) is 9.68. The molecular weight excluding hydrogens is 470 g/mol. The third-order valence-corrected chi connectivity index (χ3v) is 6.57. The van der Waals surface area contributed by atoms with Gasteiger partial charge in [0.1, 0.15) is 23.9 Å². The topological polar surface area (TPSA) is 197 Å². The summed E-state index contributed by atoms with van der Waals surface area (Å²) in [5.74, 6) is -2.98. The van der Waals surface area contributed by atoms with Crippen molar-refractivity contribution in [3.8, 4) is 0 Å². The minimum absolute atomic E-state index is 0.0727. The number of carbonyl (C=O) groups is 5. The van der Waals surface area contributed by atoms with Gasteiger partial charge in [-0.15, -0.1) is 0 Å². The third-order valence-electron chi connectivity index (χ3n) is 6.57. The maximum absolute atomic E-state index is 13.1. The van der Waals surface area contributed by atoms with Crippen LogP contribution in [-0.4, -0.2) is 87.3 Å². The fourth-order valence-corrected chi connectivity index (χ4v) is 4.62. The molecule has 5 amide bonds. The van der Waals surface area contributed by atoms with Gasteiger partial charge in [0.15, 0.2) is 0 Å². The van der Waals surface area contributed by atoms with Crippen molar-refractivity contribution >= 4 is 29.5 Å². The molecule has 1 aliphatic carbocycles. The number of aromatic nitrogens is 2. The second kappa shape index (κ2) is 12.9. The average Bonchev–Trinajstić information content (AvgIpc) is 3.39. The van der Waals surface area contributed by atoms with Crippen molar-refractivity contribution in [2.45, 2.75) is 63.1 Å². The Bertz CT molecular complexity index is 954. The second-order valence-corrected chi connectivity index (χ2v) is 9.07. The molecule has 13 heteroatoms. The number of likely N-dealkylation sites (tertiary alicyclic amines) is 1. The molecule has 1 aromatic rings. The lowest BCUT2D eigenvalue weighted by atomic mass is 9.83. The van der Waals surface area contributed by atoms with E-state index in [1.54, 1.807) is 0 Å². The maximum Gasteiger partial charge on any atom is 0.272 e. The van der Waals surface area contributed by atoms with Gasteiger partial charge < -0.3 is 31.7 Å². The van der Waals surface area contributed by atoms with E-state index in [1.807, 2.05) is 0 Å². The molecule has 1 aromatic heterocycles. The van der Waals surface area contributed by atoms with Gasteiger partial charge in [0.2, 0.25) is 23.6 Å². The van der Waals surface area contributed by atoms with E-state index in [0.29, 0.717) is 19.4 Å². The molecule has 13 nitrogen and oxygen atoms in total. The number of carbonyl (C=O) groups excluding carboxylic acids is 5. The minimum Gasteiger partial charge on any atom is -0.381 e. The van der Waals surface area contributed by atoms with Crippen molar-refractivity contribution in [2.24, 2.45) is 11.7 Å². The maximum atomic E-state index is 13.1. The summed E-state index contributed by atoms with van der Waals surface area (Å²) >= 11 is 0. The predicted octanol–water partition coefficient (Wildman–Crippen LogP) is -1.78. The van der Waals surface area contributed by atoms with E-state index >= 15 is 0 Å². The van der Waals surface area contributed by atoms with Crippen LogP contribution < -0.4 is 21.7 Å². The summed E-state index contributed by atoms with van der Waals surface area (Å²) in [5.41, 5.74) is 5.07. The van der Waals surface area contributed by atoms with E-state index in [1.165, 1.54) is 23.5 Å². The highest BCUT2D eigenvalue weighted by molar-refractivity contribution is 5.97. The molecule has 0 aromatic carbocycles. The minimum atomic E-state index is -1.52. The van der Waals surface area contributed by atoms with Gasteiger partial charge in [-0.2, -0.15) is 0 Å². The molecule has 36 heavy (non-hydrogen) atoms. The van der Waals surface area contributed by atoms with E-state index in [9.17, 15) is 29.1 Å². The van der Waals surface area contributed by atoms with Gasteiger partial charge in [-0.3, -0.25) is 29.0 Å². The van der Waals surface area contributed by atoms with Gasteiger partial charge in [-0.1, -0.05) is 19.3 Å². The second-order valence-electron chi connectivity index (χ2n) is 9.07. The van der Waals surface area contributed by atoms with Crippen LogP contribution in [0.1, 0.15) is 55.4 Å². The lowest BCUT2D eigenvalue weighted by Crippen LogP contribution is -2.54. The highest BCUT2D eigenvalue weighted by Crippen LogP contribution is 2.27. The molecule has 0 radical (unpaired) electrons. The number of aliphatic hydroxyl groups excluding tert-OH is 1. The zero-order valence-corrected chi connectivity index (χ0v) is 20.0. The van der Waals surface area contributed by atoms with Crippen molar-refractivity contribution in [3.63, 3.8) is 0 Å². The van der Waals surface area contributed by atoms with Gasteiger partial charge in [0, 0.05) is 18.9 Å². The average molecular weight is 504 g/mol. The lowest BCUT2D eigenvalue weighted by Gasteiger charge is -2.30. The van der Waals surface area contributed by atoms with Crippen LogP contribution in [0.2, 0.25) is 0 Å². The number of aliphatic hydroxyl groups is 1. The van der Waals surface area contributed by atoms with Crippen LogP contribution in [0.3, 0.4) is 0 Å². The highest BCUT2D eigenvalue weighted by Gasteiger charge is 2.36. The summed E-state index contributed by atoms with van der Waals surface area (Å²) in [6.45, 7) is -0.352. The molecule has 6 N–H and O–H groups in total. The zero-order chi connectivity index (χ0) is 26.1. The van der Waals surface area contributed by atoms with Crippen LogP contribution in [0.15, 0.2) is 18.6 Å². The number of hydrogen-bond acceptors (Lipinski definition) is 8. The molecule has 1 saturated carbocycles. The number of hydrogen-bond donors (Lipinski definition) is 5. The Morgan fingerprint density at radius 1 is 1.06 bits per heavy atom. The molecule has 2 aliphatic rings. The monoisotopic (exact) mass is 503 g/mol. The van der Waals surface area contributed by atoms with Crippen LogP contribution >= 0.6 is 0 Å². The number of nitrogens with one attached hydrogen (secondary N) is 3. The Morgan fingerprint density at radius 2 is 1.81 bits per heavy atom. The van der Waals surface area contributed by atoms with Gasteiger partial charge in [0.25, 0.3) is 5.91 Å². The Morgan fingerprint density at radius 3 is 2.47 bits per heavy atom. The summed E-state index contributed by atoms with van der Waals surface area (Å²) in [6, 6.07) is -1.61. The Balaban J connectivity index is 1.58. The first kappa shape index (κ1) is 27.0. The standard InChI is InChI=1S/C23H33N7O6/c24-20(33)17(31)12-27-22(35)16-7-4-10-30(16)18(32)13-28-23(36)19(14-5-2-1-3-6-14)29-21(34)15-11-25-8-9-26-15/h8-9,11,14,16-17,19,31H,1-7,10,12-13H2,(H2,24,33)(H,27,35)(H,28,36)(H,29,34). The van der Waals surface area contributed by atoms with E-state index < -0.39 is 47.7 Å². The van der Waals surface area contributed by atoms with Gasteiger partial charge >= 0.3 is 0 Å². The molecule has 1 aliphatic heterocycles. The number of nitrogens with two attached hydrogens (primary N) is 1. The van der Waals surface area contributed by atoms with Crippen LogP contribution in [0, 0.1) is 5.92 Å². The van der Waals surface area contributed by atoms with Gasteiger partial charge in [-0.25, -0.2) is 4.98 Å². The van der Waals surface area contributed by atoms with Crippen LogP contribution in [-0.2, 0) is 19.2 Å². The van der Waals surface area contributed by atoms with Crippen molar-refractivity contribution in [2.75, 3.05) is 19.6 Å². The molecule has 1 saturated heterocycles. The third kappa shape index (κ3) is 7.20. The molecule has 2 fully saturated rings. The highest BCUT2D eigenvalue weighted by atomic mass is 16.3. The smallest absolute Gasteiger partial charge is 0.272 e. The van der Waals surface area contributed by atoms with E-state index in [0.717, 1.165) is 32.1 Å². The largest absolute Gasteiger partial charge is 0.381 e. The Labute approximate surface area is 208 Å². The number of amides is 5. The van der Waals surface area contributed by atoms with Crippen molar-refractivity contribution in [1.82, 2.24) is 30.8 Å². The SMILES string of the molecule is NC(=O)C(O)CNC(=O)C1CCCN1C(=O)CNC(=O)C(NC(=O)c1cnccn1)C1CCCCC1. The number of rotatable bonds is 10. The lowest BCUT2D eigenvalue weighted by molar-refractivity contribution is -0.139. The predicted molar refractivity (Wildman–Crippen MR) is 126 cm³/mol. The first-order valence-corrected chi connectivity index (χ1v) is 12.2. The normalized spacial score (nSPS) is 19.7. The summed E-state index contributed by atoms with van der Waals surface area (Å²) in [4.78, 5) is 71.3. The van der Waals surface area contributed by atoms with Gasteiger partial charge in [0.05, 0.1) is 19.3 Å². The van der Waals surface area contributed by atoms with E-state index in [4.69, 9.17) is 5.73 Å². The zero-order valence-electron chi connectivity index (χ0n) is 20.0. The summed E-state index contributed by atoms with van der Waals surface area (Å²) < 4.78 is 0. The molecule has 196 valence electrons. The number of primary amides is 1. The first-order valence-electron chi connectivity index (χ1n) is 12.2. The fourth-order valence-electron chi connectivity index (χ4n) is 4.62. The van der Waals surface area contributed by atoms with E-state index in [-0.39, 0.29) is 24.7 Å². The molecular formula is C23H33N7O6. The van der Waals surface area contributed by atoms with E-state index in [2.05, 4.69) is 25.9 Å². The Hall–Kier alpha value is -3.61. The fraction of sp³-hybridized carbons (Fsp3) is 0.609. The first-order chi connectivity index (χ1) is 17.3. The van der Waals surface area contributed by atoms with Crippen molar-refractivity contribution in [3.05, 3.63) is 24.3 Å². The summed E-state index contributed by atoms with van der Waals surface area (Å²) in [5, 5.41) is 17.3.